The SMILES string of the molecule is COc1ccc(C2=C(Nc3ccc(NC(C)=O)cc3)C(=O)N(CCN3CCOCC3)C2=O)cc1. The number of amides is 3. The first kappa shape index (κ1) is 23.5. The average Bonchev–Trinajstić information content (AvgIpc) is 3.08. The highest BCUT2D eigenvalue weighted by Crippen LogP contribution is 2.31. The van der Waals surface area contributed by atoms with Gasteiger partial charge in [-0.3, -0.25) is 24.2 Å². The molecule has 0 radical (unpaired) electrons. The summed E-state index contributed by atoms with van der Waals surface area (Å²) in [7, 11) is 1.57. The van der Waals surface area contributed by atoms with Gasteiger partial charge in [-0.05, 0) is 42.0 Å². The van der Waals surface area contributed by atoms with Crippen molar-refractivity contribution in [2.75, 3.05) is 57.1 Å². The van der Waals surface area contributed by atoms with Gasteiger partial charge in [0.2, 0.25) is 5.91 Å². The smallest absolute Gasteiger partial charge is 0.278 e. The first-order chi connectivity index (χ1) is 16.5. The fraction of sp³-hybridized carbons (Fsp3) is 0.320. The monoisotopic (exact) mass is 464 g/mol. The fourth-order valence-electron chi connectivity index (χ4n) is 3.97. The maximum absolute atomic E-state index is 13.4. The van der Waals surface area contributed by atoms with Crippen molar-refractivity contribution in [3.63, 3.8) is 0 Å². The molecule has 0 unspecified atom stereocenters. The molecule has 1 fully saturated rings. The molecule has 2 heterocycles. The zero-order valence-corrected chi connectivity index (χ0v) is 19.3. The Labute approximate surface area is 198 Å². The van der Waals surface area contributed by atoms with Crippen LogP contribution in [0.1, 0.15) is 12.5 Å². The van der Waals surface area contributed by atoms with E-state index in [4.69, 9.17) is 9.47 Å². The molecule has 0 spiro atoms. The summed E-state index contributed by atoms with van der Waals surface area (Å²) < 4.78 is 10.6. The van der Waals surface area contributed by atoms with Crippen LogP contribution in [0.2, 0.25) is 0 Å². The maximum Gasteiger partial charge on any atom is 0.278 e. The van der Waals surface area contributed by atoms with E-state index in [1.165, 1.54) is 11.8 Å². The summed E-state index contributed by atoms with van der Waals surface area (Å²) in [5, 5.41) is 5.85. The third-order valence-electron chi connectivity index (χ3n) is 5.76. The van der Waals surface area contributed by atoms with Crippen LogP contribution < -0.4 is 15.4 Å². The van der Waals surface area contributed by atoms with Gasteiger partial charge < -0.3 is 20.1 Å². The number of hydrogen-bond donors (Lipinski definition) is 2. The van der Waals surface area contributed by atoms with E-state index in [9.17, 15) is 14.4 Å². The molecule has 1 saturated heterocycles. The van der Waals surface area contributed by atoms with E-state index in [2.05, 4.69) is 15.5 Å². The molecule has 4 rings (SSSR count). The highest BCUT2D eigenvalue weighted by molar-refractivity contribution is 6.36. The van der Waals surface area contributed by atoms with Gasteiger partial charge in [0.1, 0.15) is 11.4 Å². The average molecular weight is 465 g/mol. The number of benzene rings is 2. The van der Waals surface area contributed by atoms with Gasteiger partial charge in [0.25, 0.3) is 11.8 Å². The molecule has 2 aromatic carbocycles. The number of nitrogens with one attached hydrogen (secondary N) is 2. The number of carbonyl (C=O) groups excluding carboxylic acids is 3. The number of morpholine rings is 1. The second-order valence-electron chi connectivity index (χ2n) is 8.08. The summed E-state index contributed by atoms with van der Waals surface area (Å²) in [6, 6.07) is 14.0. The molecule has 9 nitrogen and oxygen atoms in total. The van der Waals surface area contributed by atoms with Gasteiger partial charge in [-0.15, -0.1) is 0 Å². The van der Waals surface area contributed by atoms with Crippen LogP contribution in [0.3, 0.4) is 0 Å². The summed E-state index contributed by atoms with van der Waals surface area (Å²) in [5.74, 6) is -0.207. The van der Waals surface area contributed by atoms with Gasteiger partial charge >= 0.3 is 0 Å². The molecular formula is C25H28N4O5. The van der Waals surface area contributed by atoms with Crippen molar-refractivity contribution in [2.45, 2.75) is 6.92 Å². The van der Waals surface area contributed by atoms with Crippen LogP contribution in [0.25, 0.3) is 5.57 Å². The minimum atomic E-state index is -0.366. The van der Waals surface area contributed by atoms with Crippen molar-refractivity contribution < 1.29 is 23.9 Å². The summed E-state index contributed by atoms with van der Waals surface area (Å²) in [6.45, 7) is 5.18. The van der Waals surface area contributed by atoms with E-state index >= 15 is 0 Å². The molecule has 2 aliphatic rings. The first-order valence-electron chi connectivity index (χ1n) is 11.2. The standard InChI is InChI=1S/C25H28N4O5/c1-17(30)26-19-5-7-20(8-6-19)27-23-22(18-3-9-21(33-2)10-4-18)24(31)29(25(23)32)12-11-28-13-15-34-16-14-28/h3-10,27H,11-16H2,1-2H3,(H,26,30). The van der Waals surface area contributed by atoms with E-state index in [0.29, 0.717) is 54.6 Å². The van der Waals surface area contributed by atoms with Gasteiger partial charge in [-0.2, -0.15) is 0 Å². The van der Waals surface area contributed by atoms with Crippen molar-refractivity contribution in [3.8, 4) is 5.75 Å². The summed E-state index contributed by atoms with van der Waals surface area (Å²) in [4.78, 5) is 41.5. The first-order valence-corrected chi connectivity index (χ1v) is 11.2. The number of nitrogens with zero attached hydrogens (tertiary/aromatic N) is 2. The molecule has 3 amide bonds. The van der Waals surface area contributed by atoms with Gasteiger partial charge in [0, 0.05) is 44.5 Å². The van der Waals surface area contributed by atoms with E-state index < -0.39 is 0 Å². The summed E-state index contributed by atoms with van der Waals surface area (Å²) >= 11 is 0. The number of carbonyl (C=O) groups is 3. The molecule has 0 bridgehead atoms. The van der Waals surface area contributed by atoms with E-state index in [1.807, 2.05) is 0 Å². The summed E-state index contributed by atoms with van der Waals surface area (Å²) in [5.41, 5.74) is 2.45. The zero-order valence-electron chi connectivity index (χ0n) is 19.3. The quantitative estimate of drug-likeness (QED) is 0.578. The van der Waals surface area contributed by atoms with E-state index in [1.54, 1.807) is 55.6 Å². The van der Waals surface area contributed by atoms with Crippen LogP contribution in [0, 0.1) is 0 Å². The summed E-state index contributed by atoms with van der Waals surface area (Å²) in [6.07, 6.45) is 0. The molecule has 2 N–H and O–H groups in total. The minimum Gasteiger partial charge on any atom is -0.497 e. The lowest BCUT2D eigenvalue weighted by molar-refractivity contribution is -0.137. The Morgan fingerprint density at radius 3 is 2.21 bits per heavy atom. The number of methoxy groups -OCH3 is 1. The molecule has 0 saturated carbocycles. The Kier molecular flexibility index (Phi) is 7.24. The third-order valence-corrected chi connectivity index (χ3v) is 5.76. The largest absolute Gasteiger partial charge is 0.497 e. The lowest BCUT2D eigenvalue weighted by Crippen LogP contribution is -2.43. The van der Waals surface area contributed by atoms with Gasteiger partial charge in [-0.1, -0.05) is 12.1 Å². The van der Waals surface area contributed by atoms with Crippen molar-refractivity contribution in [2.24, 2.45) is 0 Å². The topological polar surface area (TPSA) is 100 Å². The fourth-order valence-corrected chi connectivity index (χ4v) is 3.97. The Bertz CT molecular complexity index is 1090. The van der Waals surface area contributed by atoms with E-state index in [-0.39, 0.29) is 23.4 Å². The Morgan fingerprint density at radius 1 is 0.941 bits per heavy atom. The molecule has 9 heteroatoms. The molecule has 2 aliphatic heterocycles. The van der Waals surface area contributed by atoms with Gasteiger partial charge in [0.05, 0.1) is 25.9 Å². The molecule has 0 atom stereocenters. The van der Waals surface area contributed by atoms with Crippen LogP contribution in [0.4, 0.5) is 11.4 Å². The predicted molar refractivity (Wildman–Crippen MR) is 128 cm³/mol. The lowest BCUT2D eigenvalue weighted by atomic mass is 10.0. The molecule has 34 heavy (non-hydrogen) atoms. The maximum atomic E-state index is 13.4. The number of rotatable bonds is 8. The lowest BCUT2D eigenvalue weighted by Gasteiger charge is -2.28. The number of hydrogen-bond acceptors (Lipinski definition) is 7. The van der Waals surface area contributed by atoms with Crippen LogP contribution in [-0.2, 0) is 19.1 Å². The second kappa shape index (κ2) is 10.5. The van der Waals surface area contributed by atoms with Crippen LogP contribution in [0.5, 0.6) is 5.75 Å². The molecular weight excluding hydrogens is 436 g/mol. The molecule has 178 valence electrons. The normalized spacial score (nSPS) is 16.7. The van der Waals surface area contributed by atoms with Crippen molar-refractivity contribution in [1.82, 2.24) is 9.80 Å². The van der Waals surface area contributed by atoms with Crippen molar-refractivity contribution in [3.05, 3.63) is 59.8 Å². The second-order valence-corrected chi connectivity index (χ2v) is 8.08. The molecule has 0 aliphatic carbocycles. The number of anilines is 2. The Balaban J connectivity index is 1.59. The van der Waals surface area contributed by atoms with E-state index in [0.717, 1.165) is 13.1 Å². The highest BCUT2D eigenvalue weighted by Gasteiger charge is 2.39. The highest BCUT2D eigenvalue weighted by atomic mass is 16.5. The minimum absolute atomic E-state index is 0.169. The van der Waals surface area contributed by atoms with Gasteiger partial charge in [0.15, 0.2) is 0 Å². The predicted octanol–water partition coefficient (Wildman–Crippen LogP) is 2.18. The van der Waals surface area contributed by atoms with Crippen LogP contribution >= 0.6 is 0 Å². The van der Waals surface area contributed by atoms with Crippen LogP contribution in [-0.4, -0.2) is 74.0 Å². The third kappa shape index (κ3) is 5.27. The van der Waals surface area contributed by atoms with Crippen LogP contribution in [0.15, 0.2) is 54.2 Å². The molecule has 0 aromatic heterocycles. The molecule has 2 aromatic rings. The number of ether oxygens (including phenoxy) is 2. The zero-order chi connectivity index (χ0) is 24.1. The van der Waals surface area contributed by atoms with Crippen molar-refractivity contribution in [1.29, 1.82) is 0 Å². The van der Waals surface area contributed by atoms with Gasteiger partial charge in [-0.25, -0.2) is 0 Å². The Morgan fingerprint density at radius 2 is 1.59 bits per heavy atom. The number of imide groups is 1. The Hall–Kier alpha value is -3.69. The van der Waals surface area contributed by atoms with Crippen molar-refractivity contribution >= 4 is 34.7 Å².